The molecule has 1 atom stereocenters. The lowest BCUT2D eigenvalue weighted by Crippen LogP contribution is -2.01. The van der Waals surface area contributed by atoms with Crippen molar-refractivity contribution in [2.24, 2.45) is 0 Å². The van der Waals surface area contributed by atoms with Gasteiger partial charge >= 0.3 is 0 Å². The van der Waals surface area contributed by atoms with E-state index in [0.717, 1.165) is 12.8 Å². The summed E-state index contributed by atoms with van der Waals surface area (Å²) in [6, 6.07) is 8.98. The number of halogens is 1. The van der Waals surface area contributed by atoms with Gasteiger partial charge in [-0.05, 0) is 30.4 Å². The molecule has 0 radical (unpaired) electrons. The lowest BCUT2D eigenvalue weighted by Gasteiger charge is -2.08. The molecule has 0 heterocycles. The second kappa shape index (κ2) is 6.23. The molecule has 0 bridgehead atoms. The molecular formula is C13H19Br. The molecule has 0 aromatic heterocycles. The fourth-order valence-corrected chi connectivity index (χ4v) is 2.41. The van der Waals surface area contributed by atoms with Crippen molar-refractivity contribution < 1.29 is 0 Å². The third-order valence-electron chi connectivity index (χ3n) is 2.49. The minimum Gasteiger partial charge on any atom is -0.0887 e. The SMILES string of the molecule is CCCC(Br)Cc1ccc(CC)cc1. The quantitative estimate of drug-likeness (QED) is 0.686. The Morgan fingerprint density at radius 3 is 2.14 bits per heavy atom. The van der Waals surface area contributed by atoms with Crippen molar-refractivity contribution in [1.82, 2.24) is 0 Å². The van der Waals surface area contributed by atoms with Gasteiger partial charge in [0.15, 0.2) is 0 Å². The fraction of sp³-hybridized carbons (Fsp3) is 0.538. The molecule has 0 fully saturated rings. The van der Waals surface area contributed by atoms with E-state index in [4.69, 9.17) is 0 Å². The molecular weight excluding hydrogens is 236 g/mol. The fourth-order valence-electron chi connectivity index (χ4n) is 1.58. The summed E-state index contributed by atoms with van der Waals surface area (Å²) in [4.78, 5) is 0.639. The van der Waals surface area contributed by atoms with Crippen LogP contribution in [0.5, 0.6) is 0 Å². The summed E-state index contributed by atoms with van der Waals surface area (Å²) in [5.41, 5.74) is 2.87. The normalized spacial score (nSPS) is 12.8. The van der Waals surface area contributed by atoms with Crippen LogP contribution < -0.4 is 0 Å². The van der Waals surface area contributed by atoms with Crippen LogP contribution in [0.4, 0.5) is 0 Å². The number of rotatable bonds is 5. The van der Waals surface area contributed by atoms with Crippen LogP contribution in [-0.4, -0.2) is 4.83 Å². The Kier molecular flexibility index (Phi) is 5.24. The van der Waals surface area contributed by atoms with E-state index in [2.05, 4.69) is 54.0 Å². The number of benzene rings is 1. The summed E-state index contributed by atoms with van der Waals surface area (Å²) < 4.78 is 0. The second-order valence-corrected chi connectivity index (χ2v) is 5.06. The van der Waals surface area contributed by atoms with Gasteiger partial charge in [0.25, 0.3) is 0 Å². The minimum atomic E-state index is 0.639. The molecule has 1 aromatic carbocycles. The van der Waals surface area contributed by atoms with Gasteiger partial charge in [0.05, 0.1) is 0 Å². The van der Waals surface area contributed by atoms with Gasteiger partial charge in [-0.2, -0.15) is 0 Å². The Morgan fingerprint density at radius 1 is 1.07 bits per heavy atom. The number of hydrogen-bond donors (Lipinski definition) is 0. The van der Waals surface area contributed by atoms with Crippen molar-refractivity contribution in [3.63, 3.8) is 0 Å². The molecule has 78 valence electrons. The number of aryl methyl sites for hydroxylation is 1. The predicted octanol–water partition coefficient (Wildman–Crippen LogP) is 4.36. The molecule has 0 amide bonds. The van der Waals surface area contributed by atoms with Gasteiger partial charge in [0.2, 0.25) is 0 Å². The van der Waals surface area contributed by atoms with Crippen LogP contribution in [0.3, 0.4) is 0 Å². The third kappa shape index (κ3) is 3.83. The van der Waals surface area contributed by atoms with Crippen molar-refractivity contribution in [2.45, 2.75) is 44.4 Å². The highest BCUT2D eigenvalue weighted by molar-refractivity contribution is 9.09. The van der Waals surface area contributed by atoms with Crippen LogP contribution in [0.2, 0.25) is 0 Å². The highest BCUT2D eigenvalue weighted by atomic mass is 79.9. The number of alkyl halides is 1. The zero-order valence-corrected chi connectivity index (χ0v) is 10.7. The van der Waals surface area contributed by atoms with Crippen LogP contribution in [0.15, 0.2) is 24.3 Å². The first-order valence-corrected chi connectivity index (χ1v) is 6.39. The standard InChI is InChI=1S/C13H19Br/c1-3-5-13(14)10-12-8-6-11(4-2)7-9-12/h6-9,13H,3-5,10H2,1-2H3. The van der Waals surface area contributed by atoms with Gasteiger partial charge in [0, 0.05) is 4.83 Å². The first kappa shape index (κ1) is 11.8. The Balaban J connectivity index is 2.50. The summed E-state index contributed by atoms with van der Waals surface area (Å²) in [5, 5.41) is 0. The molecule has 0 aliphatic carbocycles. The molecule has 1 aromatic rings. The van der Waals surface area contributed by atoms with Crippen molar-refractivity contribution in [3.8, 4) is 0 Å². The molecule has 1 unspecified atom stereocenters. The van der Waals surface area contributed by atoms with Gasteiger partial charge < -0.3 is 0 Å². The topological polar surface area (TPSA) is 0 Å². The molecule has 0 spiro atoms. The van der Waals surface area contributed by atoms with Crippen LogP contribution in [-0.2, 0) is 12.8 Å². The molecule has 1 rings (SSSR count). The van der Waals surface area contributed by atoms with E-state index in [0.29, 0.717) is 4.83 Å². The van der Waals surface area contributed by atoms with E-state index >= 15 is 0 Å². The van der Waals surface area contributed by atoms with E-state index < -0.39 is 0 Å². The largest absolute Gasteiger partial charge is 0.0887 e. The molecule has 0 aliphatic heterocycles. The summed E-state index contributed by atoms with van der Waals surface area (Å²) in [7, 11) is 0. The molecule has 0 saturated heterocycles. The van der Waals surface area contributed by atoms with Crippen molar-refractivity contribution in [2.75, 3.05) is 0 Å². The van der Waals surface area contributed by atoms with E-state index in [9.17, 15) is 0 Å². The highest BCUT2D eigenvalue weighted by Crippen LogP contribution is 2.15. The maximum atomic E-state index is 3.71. The van der Waals surface area contributed by atoms with Gasteiger partial charge in [0.1, 0.15) is 0 Å². The molecule has 0 N–H and O–H groups in total. The van der Waals surface area contributed by atoms with E-state index in [1.165, 1.54) is 24.0 Å². The molecule has 1 heteroatoms. The minimum absolute atomic E-state index is 0.639. The monoisotopic (exact) mass is 254 g/mol. The lowest BCUT2D eigenvalue weighted by atomic mass is 10.0. The average Bonchev–Trinajstić information content (AvgIpc) is 2.19. The Labute approximate surface area is 95.9 Å². The van der Waals surface area contributed by atoms with Gasteiger partial charge in [-0.1, -0.05) is 60.5 Å². The predicted molar refractivity (Wildman–Crippen MR) is 67.1 cm³/mol. The summed E-state index contributed by atoms with van der Waals surface area (Å²) in [6.45, 7) is 4.42. The van der Waals surface area contributed by atoms with Crippen molar-refractivity contribution in [1.29, 1.82) is 0 Å². The first-order valence-electron chi connectivity index (χ1n) is 5.48. The average molecular weight is 255 g/mol. The highest BCUT2D eigenvalue weighted by Gasteiger charge is 2.03. The molecule has 0 saturated carbocycles. The summed E-state index contributed by atoms with van der Waals surface area (Å²) in [6.07, 6.45) is 4.79. The molecule has 0 nitrogen and oxygen atoms in total. The summed E-state index contributed by atoms with van der Waals surface area (Å²) in [5.74, 6) is 0. The number of hydrogen-bond acceptors (Lipinski definition) is 0. The Bertz CT molecular complexity index is 250. The molecule has 0 aliphatic rings. The zero-order valence-electron chi connectivity index (χ0n) is 9.09. The van der Waals surface area contributed by atoms with Crippen molar-refractivity contribution in [3.05, 3.63) is 35.4 Å². The molecule has 14 heavy (non-hydrogen) atoms. The summed E-state index contributed by atoms with van der Waals surface area (Å²) >= 11 is 3.71. The first-order chi connectivity index (χ1) is 6.76. The van der Waals surface area contributed by atoms with Gasteiger partial charge in [-0.25, -0.2) is 0 Å². The van der Waals surface area contributed by atoms with Crippen molar-refractivity contribution >= 4 is 15.9 Å². The maximum absolute atomic E-state index is 3.71. The van der Waals surface area contributed by atoms with E-state index in [-0.39, 0.29) is 0 Å². The van der Waals surface area contributed by atoms with Crippen LogP contribution in [0.1, 0.15) is 37.8 Å². The van der Waals surface area contributed by atoms with Crippen LogP contribution in [0, 0.1) is 0 Å². The lowest BCUT2D eigenvalue weighted by molar-refractivity contribution is 0.744. The van der Waals surface area contributed by atoms with Crippen LogP contribution >= 0.6 is 15.9 Å². The Hall–Kier alpha value is -0.300. The smallest absolute Gasteiger partial charge is 0.0186 e. The van der Waals surface area contributed by atoms with E-state index in [1.54, 1.807) is 0 Å². The van der Waals surface area contributed by atoms with Crippen LogP contribution in [0.25, 0.3) is 0 Å². The Morgan fingerprint density at radius 2 is 1.64 bits per heavy atom. The second-order valence-electron chi connectivity index (χ2n) is 3.76. The van der Waals surface area contributed by atoms with Gasteiger partial charge in [-0.15, -0.1) is 0 Å². The van der Waals surface area contributed by atoms with E-state index in [1.807, 2.05) is 0 Å². The van der Waals surface area contributed by atoms with Gasteiger partial charge in [-0.3, -0.25) is 0 Å². The zero-order chi connectivity index (χ0) is 10.4. The third-order valence-corrected chi connectivity index (χ3v) is 3.27. The maximum Gasteiger partial charge on any atom is 0.0186 e.